The van der Waals surface area contributed by atoms with E-state index in [0.717, 1.165) is 5.56 Å². The third kappa shape index (κ3) is 4.30. The van der Waals surface area contributed by atoms with Crippen molar-refractivity contribution in [3.63, 3.8) is 0 Å². The molecule has 0 spiro atoms. The minimum atomic E-state index is -0.671. The van der Waals surface area contributed by atoms with E-state index in [4.69, 9.17) is 14.2 Å². The molecule has 166 valence electrons. The number of hydrogen-bond donors (Lipinski definition) is 0. The number of carbonyl (C=O) groups excluding carboxylic acids is 1. The Morgan fingerprint density at radius 2 is 2.06 bits per heavy atom. The molecule has 1 aromatic heterocycles. The number of rotatable bonds is 6. The summed E-state index contributed by atoms with van der Waals surface area (Å²) >= 11 is 0. The fraction of sp³-hybridized carbons (Fsp3) is 0.273. The van der Waals surface area contributed by atoms with Crippen molar-refractivity contribution in [2.45, 2.75) is 39.9 Å². The maximum Gasteiger partial charge on any atom is 0.328 e. The Labute approximate surface area is 182 Å². The van der Waals surface area contributed by atoms with E-state index in [1.54, 1.807) is 0 Å². The normalized spacial score (nSPS) is 15.0. The topological polar surface area (TPSA) is 106 Å². The lowest BCUT2D eigenvalue weighted by Gasteiger charge is -2.28. The smallest absolute Gasteiger partial charge is 0.328 e. The predicted molar refractivity (Wildman–Crippen MR) is 109 cm³/mol. The molecule has 0 saturated carbocycles. The highest BCUT2D eigenvalue weighted by molar-refractivity contribution is 5.69. The summed E-state index contributed by atoms with van der Waals surface area (Å²) in [6.07, 6.45) is -0.668. The third-order valence-corrected chi connectivity index (χ3v) is 5.09. The summed E-state index contributed by atoms with van der Waals surface area (Å²) < 4.78 is 32.2. The fourth-order valence-corrected chi connectivity index (χ4v) is 3.59. The quantitative estimate of drug-likeness (QED) is 0.324. The zero-order valence-corrected chi connectivity index (χ0v) is 17.4. The van der Waals surface area contributed by atoms with Crippen LogP contribution in [0.2, 0.25) is 0 Å². The van der Waals surface area contributed by atoms with Crippen LogP contribution < -0.4 is 4.74 Å². The summed E-state index contributed by atoms with van der Waals surface area (Å²) in [6.45, 7) is 2.60. The second-order valence-corrected chi connectivity index (χ2v) is 7.32. The number of ether oxygens (including phenoxy) is 3. The van der Waals surface area contributed by atoms with E-state index in [1.807, 2.05) is 30.3 Å². The Hall–Kier alpha value is -3.79. The number of fused-ring (bicyclic) bond motifs is 1. The Balaban J connectivity index is 1.48. The minimum absolute atomic E-state index is 0.141. The summed E-state index contributed by atoms with van der Waals surface area (Å²) in [5, 5.41) is 15.2. The van der Waals surface area contributed by atoms with Crippen molar-refractivity contribution in [2.75, 3.05) is 0 Å². The van der Waals surface area contributed by atoms with Crippen molar-refractivity contribution in [1.29, 1.82) is 0 Å². The Kier molecular flexibility index (Phi) is 5.87. The van der Waals surface area contributed by atoms with Gasteiger partial charge in [-0.05, 0) is 26.0 Å². The molecule has 0 bridgehead atoms. The standard InChI is InChI=1S/C22H20FN3O6/c1-13-20(26(28)29)14(2)25(24-13)10-19(27)30-11-16-8-18(23)9-17-12-31-22(32-21(16)17)15-6-4-3-5-7-15/h3-9,22H,10-12H2,1-2H3. The number of nitrogens with zero attached hydrogens (tertiary/aromatic N) is 3. The zero-order valence-electron chi connectivity index (χ0n) is 17.4. The molecule has 10 heteroatoms. The molecule has 2 aromatic carbocycles. The van der Waals surface area contributed by atoms with Crippen LogP contribution in [-0.2, 0) is 34.0 Å². The van der Waals surface area contributed by atoms with Crippen molar-refractivity contribution in [2.24, 2.45) is 0 Å². The Morgan fingerprint density at radius 3 is 2.75 bits per heavy atom. The number of halogens is 1. The van der Waals surface area contributed by atoms with Crippen molar-refractivity contribution in [3.8, 4) is 5.75 Å². The molecular weight excluding hydrogens is 421 g/mol. The summed E-state index contributed by atoms with van der Waals surface area (Å²) in [5.74, 6) is -0.773. The molecular formula is C22H20FN3O6. The summed E-state index contributed by atoms with van der Waals surface area (Å²) in [5.41, 5.74) is 1.99. The number of carbonyl (C=O) groups is 1. The highest BCUT2D eigenvalue weighted by Gasteiger charge is 2.26. The molecule has 0 aliphatic carbocycles. The van der Waals surface area contributed by atoms with Crippen LogP contribution in [0.25, 0.3) is 0 Å². The lowest BCUT2D eigenvalue weighted by molar-refractivity contribution is -0.386. The molecule has 1 aliphatic rings. The molecule has 2 heterocycles. The Morgan fingerprint density at radius 1 is 1.31 bits per heavy atom. The molecule has 3 aromatic rings. The maximum atomic E-state index is 14.1. The van der Waals surface area contributed by atoms with Crippen molar-refractivity contribution in [3.05, 3.63) is 86.5 Å². The van der Waals surface area contributed by atoms with Crippen LogP contribution in [0.1, 0.15) is 34.4 Å². The van der Waals surface area contributed by atoms with Gasteiger partial charge in [0.1, 0.15) is 36.1 Å². The monoisotopic (exact) mass is 441 g/mol. The van der Waals surface area contributed by atoms with Crippen LogP contribution in [0.15, 0.2) is 42.5 Å². The number of nitro groups is 1. The van der Waals surface area contributed by atoms with Crippen molar-refractivity contribution < 1.29 is 28.3 Å². The van der Waals surface area contributed by atoms with Gasteiger partial charge in [-0.3, -0.25) is 19.6 Å². The van der Waals surface area contributed by atoms with Gasteiger partial charge in [0.25, 0.3) is 0 Å². The molecule has 0 amide bonds. The fourth-order valence-electron chi connectivity index (χ4n) is 3.59. The second-order valence-electron chi connectivity index (χ2n) is 7.32. The van der Waals surface area contributed by atoms with E-state index in [-0.39, 0.29) is 36.8 Å². The average Bonchev–Trinajstić information content (AvgIpc) is 3.05. The predicted octanol–water partition coefficient (Wildman–Crippen LogP) is 3.90. The molecule has 32 heavy (non-hydrogen) atoms. The van der Waals surface area contributed by atoms with Gasteiger partial charge in [0.05, 0.1) is 11.5 Å². The van der Waals surface area contributed by atoms with Crippen LogP contribution in [0.4, 0.5) is 10.1 Å². The van der Waals surface area contributed by atoms with Gasteiger partial charge < -0.3 is 14.2 Å². The summed E-state index contributed by atoms with van der Waals surface area (Å²) in [6, 6.07) is 11.9. The number of benzene rings is 2. The second kappa shape index (κ2) is 8.75. The maximum absolute atomic E-state index is 14.1. The first-order valence-corrected chi connectivity index (χ1v) is 9.82. The molecule has 0 radical (unpaired) electrons. The van der Waals surface area contributed by atoms with Crippen LogP contribution in [0.3, 0.4) is 0 Å². The van der Waals surface area contributed by atoms with Crippen LogP contribution >= 0.6 is 0 Å². The molecule has 0 saturated heterocycles. The number of esters is 1. The molecule has 0 fully saturated rings. The first-order valence-electron chi connectivity index (χ1n) is 9.82. The van der Waals surface area contributed by atoms with Crippen molar-refractivity contribution in [1.82, 2.24) is 9.78 Å². The SMILES string of the molecule is Cc1nn(CC(=O)OCc2cc(F)cc3c2OC(c2ccccc2)OC3)c(C)c1[N+](=O)[O-]. The first kappa shape index (κ1) is 21.4. The van der Waals surface area contributed by atoms with E-state index in [0.29, 0.717) is 16.9 Å². The third-order valence-electron chi connectivity index (χ3n) is 5.09. The van der Waals surface area contributed by atoms with Crippen molar-refractivity contribution >= 4 is 11.7 Å². The molecule has 1 atom stereocenters. The molecule has 0 N–H and O–H groups in total. The van der Waals surface area contributed by atoms with Gasteiger partial charge in [-0.15, -0.1) is 0 Å². The van der Waals surface area contributed by atoms with E-state index < -0.39 is 23.0 Å². The van der Waals surface area contributed by atoms with Gasteiger partial charge in [0.15, 0.2) is 0 Å². The van der Waals surface area contributed by atoms with Crippen LogP contribution in [-0.4, -0.2) is 20.7 Å². The number of hydrogen-bond acceptors (Lipinski definition) is 7. The molecule has 9 nitrogen and oxygen atoms in total. The van der Waals surface area contributed by atoms with Gasteiger partial charge in [-0.2, -0.15) is 5.10 Å². The largest absolute Gasteiger partial charge is 0.460 e. The highest BCUT2D eigenvalue weighted by atomic mass is 19.1. The highest BCUT2D eigenvalue weighted by Crippen LogP contribution is 2.36. The van der Waals surface area contributed by atoms with Gasteiger partial charge >= 0.3 is 11.7 Å². The Bertz CT molecular complexity index is 1180. The number of aryl methyl sites for hydroxylation is 1. The molecule has 1 unspecified atom stereocenters. The minimum Gasteiger partial charge on any atom is -0.460 e. The van der Waals surface area contributed by atoms with E-state index in [1.165, 1.54) is 30.7 Å². The first-order chi connectivity index (χ1) is 15.3. The van der Waals surface area contributed by atoms with Gasteiger partial charge in [-0.1, -0.05) is 30.3 Å². The van der Waals surface area contributed by atoms with E-state index >= 15 is 0 Å². The van der Waals surface area contributed by atoms with Crippen LogP contribution in [0.5, 0.6) is 5.75 Å². The van der Waals surface area contributed by atoms with E-state index in [2.05, 4.69) is 5.10 Å². The molecule has 1 aliphatic heterocycles. The lowest BCUT2D eigenvalue weighted by atomic mass is 10.1. The zero-order chi connectivity index (χ0) is 22.8. The number of aromatic nitrogens is 2. The van der Waals surface area contributed by atoms with Gasteiger partial charge in [0, 0.05) is 16.7 Å². The van der Waals surface area contributed by atoms with E-state index in [9.17, 15) is 19.3 Å². The summed E-state index contributed by atoms with van der Waals surface area (Å²) in [7, 11) is 0. The van der Waals surface area contributed by atoms with Gasteiger partial charge in [-0.25, -0.2) is 4.39 Å². The average molecular weight is 441 g/mol. The summed E-state index contributed by atoms with van der Waals surface area (Å²) in [4.78, 5) is 22.9. The molecule has 4 rings (SSSR count). The van der Waals surface area contributed by atoms with Gasteiger partial charge in [0.2, 0.25) is 6.29 Å². The van der Waals surface area contributed by atoms with Crippen LogP contribution in [0, 0.1) is 29.8 Å². The lowest BCUT2D eigenvalue weighted by Crippen LogP contribution is -2.20.